The van der Waals surface area contributed by atoms with Crippen LogP contribution in [0.1, 0.15) is 29.6 Å². The van der Waals surface area contributed by atoms with E-state index in [1.54, 1.807) is 0 Å². The van der Waals surface area contributed by atoms with Crippen LogP contribution in [0.5, 0.6) is 0 Å². The Labute approximate surface area is 103 Å². The lowest BCUT2D eigenvalue weighted by molar-refractivity contribution is 0.450. The van der Waals surface area contributed by atoms with Crippen LogP contribution in [0.2, 0.25) is 0 Å². The van der Waals surface area contributed by atoms with Gasteiger partial charge in [-0.05, 0) is 30.2 Å². The average Bonchev–Trinajstić information content (AvgIpc) is 2.80. The van der Waals surface area contributed by atoms with E-state index in [1.807, 2.05) is 12.1 Å². The summed E-state index contributed by atoms with van der Waals surface area (Å²) in [5.74, 6) is 2.06. The number of furan rings is 1. The monoisotopic (exact) mass is 229 g/mol. The Hall–Kier alpha value is -1.54. The third-order valence-electron chi connectivity index (χ3n) is 2.94. The van der Waals surface area contributed by atoms with Gasteiger partial charge in [0, 0.05) is 13.0 Å². The van der Waals surface area contributed by atoms with Crippen LogP contribution in [0.25, 0.3) is 0 Å². The molecule has 0 atom stereocenters. The summed E-state index contributed by atoms with van der Waals surface area (Å²) in [5, 5.41) is 3.40. The summed E-state index contributed by atoms with van der Waals surface area (Å²) in [6, 6.07) is 12.5. The number of rotatable bonds is 5. The molecular formula is C15H19NO. The van der Waals surface area contributed by atoms with Gasteiger partial charge in [-0.3, -0.25) is 0 Å². The lowest BCUT2D eigenvalue weighted by Crippen LogP contribution is -2.12. The van der Waals surface area contributed by atoms with Crippen molar-refractivity contribution in [3.8, 4) is 0 Å². The zero-order valence-corrected chi connectivity index (χ0v) is 10.5. The normalized spacial score (nSPS) is 10.7. The fraction of sp³-hybridized carbons (Fsp3) is 0.333. The minimum atomic E-state index is 0.786. The molecule has 0 fully saturated rings. The Morgan fingerprint density at radius 3 is 2.47 bits per heavy atom. The summed E-state index contributed by atoms with van der Waals surface area (Å²) < 4.78 is 5.64. The Morgan fingerprint density at radius 1 is 1.00 bits per heavy atom. The van der Waals surface area contributed by atoms with Gasteiger partial charge >= 0.3 is 0 Å². The van der Waals surface area contributed by atoms with Gasteiger partial charge in [0.1, 0.15) is 11.5 Å². The Bertz CT molecular complexity index is 473. The summed E-state index contributed by atoms with van der Waals surface area (Å²) in [5.41, 5.74) is 2.67. The van der Waals surface area contributed by atoms with Gasteiger partial charge in [-0.25, -0.2) is 0 Å². The lowest BCUT2D eigenvalue weighted by atomic mass is 10.1. The van der Waals surface area contributed by atoms with Crippen LogP contribution >= 0.6 is 0 Å². The highest BCUT2D eigenvalue weighted by atomic mass is 16.3. The molecule has 2 nitrogen and oxygen atoms in total. The minimum absolute atomic E-state index is 0.786. The largest absolute Gasteiger partial charge is 0.465 e. The van der Waals surface area contributed by atoms with Crippen molar-refractivity contribution < 1.29 is 4.42 Å². The van der Waals surface area contributed by atoms with Crippen LogP contribution in [0.3, 0.4) is 0 Å². The van der Waals surface area contributed by atoms with Crippen molar-refractivity contribution in [2.45, 2.75) is 33.4 Å². The third kappa shape index (κ3) is 3.21. The predicted octanol–water partition coefficient (Wildman–Crippen LogP) is 3.44. The molecule has 1 aromatic heterocycles. The first-order chi connectivity index (χ1) is 8.29. The van der Waals surface area contributed by atoms with E-state index < -0.39 is 0 Å². The highest BCUT2D eigenvalue weighted by Crippen LogP contribution is 2.09. The maximum absolute atomic E-state index is 5.64. The van der Waals surface area contributed by atoms with Crippen molar-refractivity contribution in [3.63, 3.8) is 0 Å². The molecule has 1 aromatic carbocycles. The van der Waals surface area contributed by atoms with Crippen LogP contribution < -0.4 is 5.32 Å². The predicted molar refractivity (Wildman–Crippen MR) is 69.8 cm³/mol. The molecule has 0 saturated carbocycles. The highest BCUT2D eigenvalue weighted by molar-refractivity contribution is 5.25. The molecule has 0 aliphatic heterocycles. The van der Waals surface area contributed by atoms with Crippen molar-refractivity contribution in [3.05, 3.63) is 59.0 Å². The van der Waals surface area contributed by atoms with Gasteiger partial charge in [0.2, 0.25) is 0 Å². The Morgan fingerprint density at radius 2 is 1.76 bits per heavy atom. The van der Waals surface area contributed by atoms with Crippen molar-refractivity contribution in [2.24, 2.45) is 0 Å². The molecule has 90 valence electrons. The molecule has 2 aromatic rings. The molecule has 0 spiro atoms. The second-order valence-electron chi connectivity index (χ2n) is 4.25. The number of aryl methyl sites for hydroxylation is 2. The maximum Gasteiger partial charge on any atom is 0.117 e. The molecule has 0 radical (unpaired) electrons. The Balaban J connectivity index is 1.85. The van der Waals surface area contributed by atoms with Crippen molar-refractivity contribution in [1.29, 1.82) is 0 Å². The Kier molecular flexibility index (Phi) is 3.99. The lowest BCUT2D eigenvalue weighted by Gasteiger charge is -2.06. The van der Waals surface area contributed by atoms with E-state index in [-0.39, 0.29) is 0 Å². The van der Waals surface area contributed by atoms with E-state index in [0.717, 1.165) is 31.0 Å². The van der Waals surface area contributed by atoms with Crippen LogP contribution in [0.15, 0.2) is 40.8 Å². The smallest absolute Gasteiger partial charge is 0.117 e. The van der Waals surface area contributed by atoms with Crippen molar-refractivity contribution in [2.75, 3.05) is 0 Å². The van der Waals surface area contributed by atoms with Crippen LogP contribution in [-0.2, 0) is 19.5 Å². The van der Waals surface area contributed by atoms with Gasteiger partial charge < -0.3 is 9.73 Å². The van der Waals surface area contributed by atoms with E-state index >= 15 is 0 Å². The molecule has 0 bridgehead atoms. The zero-order chi connectivity index (χ0) is 12.1. The molecular weight excluding hydrogens is 210 g/mol. The van der Waals surface area contributed by atoms with E-state index in [1.165, 1.54) is 11.1 Å². The standard InChI is InChI=1S/C15H19NO/c1-3-14-8-9-15(17-14)11-16-10-13-7-5-4-6-12(13)2/h4-9,16H,3,10-11H2,1-2H3. The maximum atomic E-state index is 5.64. The van der Waals surface area contributed by atoms with E-state index in [2.05, 4.69) is 43.4 Å². The van der Waals surface area contributed by atoms with Crippen LogP contribution in [0, 0.1) is 6.92 Å². The average molecular weight is 229 g/mol. The molecule has 0 amide bonds. The van der Waals surface area contributed by atoms with E-state index in [9.17, 15) is 0 Å². The van der Waals surface area contributed by atoms with Crippen LogP contribution in [0.4, 0.5) is 0 Å². The molecule has 2 rings (SSSR count). The first-order valence-corrected chi connectivity index (χ1v) is 6.12. The van der Waals surface area contributed by atoms with Gasteiger partial charge in [0.25, 0.3) is 0 Å². The number of benzene rings is 1. The summed E-state index contributed by atoms with van der Waals surface area (Å²) in [7, 11) is 0. The fourth-order valence-corrected chi connectivity index (χ4v) is 1.84. The fourth-order valence-electron chi connectivity index (χ4n) is 1.84. The molecule has 1 N–H and O–H groups in total. The molecule has 17 heavy (non-hydrogen) atoms. The minimum Gasteiger partial charge on any atom is -0.465 e. The zero-order valence-electron chi connectivity index (χ0n) is 10.5. The van der Waals surface area contributed by atoms with Gasteiger partial charge in [-0.15, -0.1) is 0 Å². The van der Waals surface area contributed by atoms with Crippen LogP contribution in [-0.4, -0.2) is 0 Å². The number of nitrogens with one attached hydrogen (secondary N) is 1. The molecule has 1 heterocycles. The summed E-state index contributed by atoms with van der Waals surface area (Å²) in [4.78, 5) is 0. The topological polar surface area (TPSA) is 25.2 Å². The molecule has 0 aliphatic carbocycles. The third-order valence-corrected chi connectivity index (χ3v) is 2.94. The first-order valence-electron chi connectivity index (χ1n) is 6.12. The second kappa shape index (κ2) is 5.69. The van der Waals surface area contributed by atoms with Gasteiger partial charge in [-0.1, -0.05) is 31.2 Å². The first kappa shape index (κ1) is 11.9. The molecule has 0 unspecified atom stereocenters. The SMILES string of the molecule is CCc1ccc(CNCc2ccccc2C)o1. The number of hydrogen-bond acceptors (Lipinski definition) is 2. The highest BCUT2D eigenvalue weighted by Gasteiger charge is 2.01. The summed E-state index contributed by atoms with van der Waals surface area (Å²) in [6.45, 7) is 5.91. The van der Waals surface area contributed by atoms with E-state index in [0.29, 0.717) is 0 Å². The molecule has 2 heteroatoms. The van der Waals surface area contributed by atoms with Crippen molar-refractivity contribution >= 4 is 0 Å². The summed E-state index contributed by atoms with van der Waals surface area (Å²) >= 11 is 0. The summed E-state index contributed by atoms with van der Waals surface area (Å²) in [6.07, 6.45) is 0.956. The quantitative estimate of drug-likeness (QED) is 0.849. The molecule has 0 aliphatic rings. The second-order valence-corrected chi connectivity index (χ2v) is 4.25. The number of hydrogen-bond donors (Lipinski definition) is 1. The van der Waals surface area contributed by atoms with Gasteiger partial charge in [0.15, 0.2) is 0 Å². The van der Waals surface area contributed by atoms with Crippen molar-refractivity contribution in [1.82, 2.24) is 5.32 Å². The van der Waals surface area contributed by atoms with Gasteiger partial charge in [0.05, 0.1) is 6.54 Å². The molecule has 0 saturated heterocycles. The van der Waals surface area contributed by atoms with Gasteiger partial charge in [-0.2, -0.15) is 0 Å². The van der Waals surface area contributed by atoms with E-state index in [4.69, 9.17) is 4.42 Å².